The lowest BCUT2D eigenvalue weighted by molar-refractivity contribution is -0.140. The van der Waals surface area contributed by atoms with E-state index in [9.17, 15) is 22.8 Å². The van der Waals surface area contributed by atoms with Crippen molar-refractivity contribution < 1.29 is 18.0 Å². The number of amides is 1. The summed E-state index contributed by atoms with van der Waals surface area (Å²) in [5, 5.41) is 3.34. The number of benzene rings is 1. The van der Waals surface area contributed by atoms with E-state index in [4.69, 9.17) is 0 Å². The molecule has 0 aliphatic heterocycles. The van der Waals surface area contributed by atoms with E-state index in [1.165, 1.54) is 12.1 Å². The molecule has 1 N–H and O–H groups in total. The molecule has 1 aromatic carbocycles. The molecule has 9 heteroatoms. The summed E-state index contributed by atoms with van der Waals surface area (Å²) in [6.07, 6.45) is -2.81. The third kappa shape index (κ3) is 4.57. The summed E-state index contributed by atoms with van der Waals surface area (Å²) in [5.74, 6) is -0.362. The standard InChI is InChI=1S/C23H18F3N3O2S/c1-14-17-9-10-18(23(24,25)26)28-22(17)32-20(14)21(31)27-12-15-5-7-16(8-6-15)13-29-11-3-2-4-19(29)30/h2-11H,12-13H2,1H3,(H,27,31). The van der Waals surface area contributed by atoms with Gasteiger partial charge in [-0.15, -0.1) is 11.3 Å². The molecule has 0 saturated heterocycles. The summed E-state index contributed by atoms with van der Waals surface area (Å²) in [5.41, 5.74) is 1.35. The molecule has 3 heterocycles. The summed E-state index contributed by atoms with van der Waals surface area (Å²) < 4.78 is 40.3. The van der Waals surface area contributed by atoms with Gasteiger partial charge in [-0.3, -0.25) is 9.59 Å². The number of aromatic nitrogens is 2. The van der Waals surface area contributed by atoms with E-state index < -0.39 is 11.9 Å². The zero-order valence-electron chi connectivity index (χ0n) is 16.9. The quantitative estimate of drug-likeness (QED) is 0.470. The van der Waals surface area contributed by atoms with Crippen LogP contribution in [0.1, 0.15) is 32.1 Å². The molecule has 5 nitrogen and oxygen atoms in total. The zero-order valence-corrected chi connectivity index (χ0v) is 17.8. The molecule has 0 atom stereocenters. The first kappa shape index (κ1) is 21.8. The van der Waals surface area contributed by atoms with E-state index in [0.717, 1.165) is 28.5 Å². The van der Waals surface area contributed by atoms with E-state index in [0.29, 0.717) is 22.4 Å². The van der Waals surface area contributed by atoms with Gasteiger partial charge in [0.15, 0.2) is 0 Å². The second-order valence-electron chi connectivity index (χ2n) is 7.27. The topological polar surface area (TPSA) is 64.0 Å². The molecule has 4 rings (SSSR count). The Morgan fingerprint density at radius 3 is 2.47 bits per heavy atom. The number of fused-ring (bicyclic) bond motifs is 1. The third-order valence-corrected chi connectivity index (χ3v) is 6.23. The second-order valence-corrected chi connectivity index (χ2v) is 8.27. The Morgan fingerprint density at radius 2 is 1.78 bits per heavy atom. The van der Waals surface area contributed by atoms with Crippen LogP contribution in [0.3, 0.4) is 0 Å². The van der Waals surface area contributed by atoms with E-state index in [2.05, 4.69) is 10.3 Å². The fraction of sp³-hybridized carbons (Fsp3) is 0.174. The third-order valence-electron chi connectivity index (χ3n) is 5.03. The summed E-state index contributed by atoms with van der Waals surface area (Å²) >= 11 is 0.947. The van der Waals surface area contributed by atoms with Gasteiger partial charge >= 0.3 is 6.18 Å². The molecule has 3 aromatic heterocycles. The molecule has 0 fully saturated rings. The van der Waals surface area contributed by atoms with Crippen molar-refractivity contribution in [3.05, 3.63) is 98.4 Å². The molecule has 0 radical (unpaired) electrons. The van der Waals surface area contributed by atoms with Crippen molar-refractivity contribution >= 4 is 27.5 Å². The Hall–Kier alpha value is -3.46. The Morgan fingerprint density at radius 1 is 1.06 bits per heavy atom. The Kier molecular flexibility index (Phi) is 5.84. The first-order valence-corrected chi connectivity index (χ1v) is 10.5. The summed E-state index contributed by atoms with van der Waals surface area (Å²) in [6.45, 7) is 2.41. The molecular formula is C23H18F3N3O2S. The number of pyridine rings is 2. The van der Waals surface area contributed by atoms with E-state index in [1.807, 2.05) is 24.3 Å². The fourth-order valence-corrected chi connectivity index (χ4v) is 4.38. The normalized spacial score (nSPS) is 11.6. The highest BCUT2D eigenvalue weighted by molar-refractivity contribution is 7.20. The highest BCUT2D eigenvalue weighted by Crippen LogP contribution is 2.34. The van der Waals surface area contributed by atoms with Crippen molar-refractivity contribution in [1.82, 2.24) is 14.9 Å². The number of nitrogens with zero attached hydrogens (tertiary/aromatic N) is 2. The van der Waals surface area contributed by atoms with Crippen LogP contribution < -0.4 is 10.9 Å². The molecule has 0 unspecified atom stereocenters. The SMILES string of the molecule is Cc1c(C(=O)NCc2ccc(Cn3ccccc3=O)cc2)sc2nc(C(F)(F)F)ccc12. The summed E-state index contributed by atoms with van der Waals surface area (Å²) in [4.78, 5) is 28.7. The van der Waals surface area contributed by atoms with Crippen LogP contribution in [-0.2, 0) is 19.3 Å². The highest BCUT2D eigenvalue weighted by Gasteiger charge is 2.33. The second kappa shape index (κ2) is 8.58. The van der Waals surface area contributed by atoms with Crippen molar-refractivity contribution in [3.8, 4) is 0 Å². The van der Waals surface area contributed by atoms with Crippen LogP contribution in [0.5, 0.6) is 0 Å². The van der Waals surface area contributed by atoms with E-state index in [-0.39, 0.29) is 22.8 Å². The molecule has 0 bridgehead atoms. The van der Waals surface area contributed by atoms with Gasteiger partial charge in [0.05, 0.1) is 11.4 Å². The van der Waals surface area contributed by atoms with Crippen LogP contribution in [0.4, 0.5) is 13.2 Å². The average molecular weight is 457 g/mol. The van der Waals surface area contributed by atoms with Crippen LogP contribution in [0.25, 0.3) is 10.2 Å². The molecule has 4 aromatic rings. The van der Waals surface area contributed by atoms with Gasteiger partial charge in [0, 0.05) is 24.2 Å². The Labute approximate surface area is 185 Å². The van der Waals surface area contributed by atoms with E-state index >= 15 is 0 Å². The van der Waals surface area contributed by atoms with Crippen LogP contribution in [-0.4, -0.2) is 15.5 Å². The van der Waals surface area contributed by atoms with Gasteiger partial charge < -0.3 is 9.88 Å². The van der Waals surface area contributed by atoms with Crippen LogP contribution in [0, 0.1) is 6.92 Å². The van der Waals surface area contributed by atoms with E-state index in [1.54, 1.807) is 29.8 Å². The number of rotatable bonds is 5. The molecule has 0 spiro atoms. The summed E-state index contributed by atoms with van der Waals surface area (Å²) in [6, 6.07) is 14.7. The number of halogens is 3. The lowest BCUT2D eigenvalue weighted by Crippen LogP contribution is -2.22. The Bertz CT molecular complexity index is 1340. The maximum Gasteiger partial charge on any atom is 0.433 e. The fourth-order valence-electron chi connectivity index (χ4n) is 3.29. The van der Waals surface area contributed by atoms with Crippen molar-refractivity contribution in [2.45, 2.75) is 26.2 Å². The molecule has 0 saturated carbocycles. The molecule has 1 amide bonds. The largest absolute Gasteiger partial charge is 0.433 e. The maximum absolute atomic E-state index is 12.9. The first-order chi connectivity index (χ1) is 15.2. The summed E-state index contributed by atoms with van der Waals surface area (Å²) in [7, 11) is 0. The minimum atomic E-state index is -4.53. The average Bonchev–Trinajstić information content (AvgIpc) is 3.10. The predicted molar refractivity (Wildman–Crippen MR) is 117 cm³/mol. The lowest BCUT2D eigenvalue weighted by atomic mass is 10.1. The van der Waals surface area contributed by atoms with Crippen LogP contribution in [0.2, 0.25) is 0 Å². The smallest absolute Gasteiger partial charge is 0.347 e. The maximum atomic E-state index is 12.9. The van der Waals surface area contributed by atoms with Crippen LogP contribution >= 0.6 is 11.3 Å². The number of hydrogen-bond acceptors (Lipinski definition) is 4. The molecule has 164 valence electrons. The number of nitrogens with one attached hydrogen (secondary N) is 1. The number of hydrogen-bond donors (Lipinski definition) is 1. The van der Waals surface area contributed by atoms with Crippen molar-refractivity contribution in [2.75, 3.05) is 0 Å². The number of alkyl halides is 3. The molecule has 0 aliphatic rings. The van der Waals surface area contributed by atoms with Gasteiger partial charge in [0.1, 0.15) is 10.5 Å². The van der Waals surface area contributed by atoms with Gasteiger partial charge in [-0.25, -0.2) is 4.98 Å². The lowest BCUT2D eigenvalue weighted by Gasteiger charge is -2.08. The van der Waals surface area contributed by atoms with Gasteiger partial charge in [-0.1, -0.05) is 30.3 Å². The Balaban J connectivity index is 1.44. The molecule has 32 heavy (non-hydrogen) atoms. The molecule has 0 aliphatic carbocycles. The van der Waals surface area contributed by atoms with Crippen molar-refractivity contribution in [1.29, 1.82) is 0 Å². The van der Waals surface area contributed by atoms with Gasteiger partial charge in [0.2, 0.25) is 0 Å². The monoisotopic (exact) mass is 457 g/mol. The number of aryl methyl sites for hydroxylation is 1. The number of carbonyl (C=O) groups is 1. The van der Waals surface area contributed by atoms with Gasteiger partial charge in [-0.05, 0) is 41.8 Å². The minimum Gasteiger partial charge on any atom is -0.347 e. The minimum absolute atomic E-state index is 0.0839. The van der Waals surface area contributed by atoms with Crippen molar-refractivity contribution in [2.24, 2.45) is 0 Å². The van der Waals surface area contributed by atoms with Crippen molar-refractivity contribution in [3.63, 3.8) is 0 Å². The van der Waals surface area contributed by atoms with Crippen LogP contribution in [0.15, 0.2) is 65.6 Å². The first-order valence-electron chi connectivity index (χ1n) is 9.71. The number of thiophene rings is 1. The highest BCUT2D eigenvalue weighted by atomic mass is 32.1. The predicted octanol–water partition coefficient (Wildman–Crippen LogP) is 4.76. The van der Waals surface area contributed by atoms with Gasteiger partial charge in [-0.2, -0.15) is 13.2 Å². The van der Waals surface area contributed by atoms with Gasteiger partial charge in [0.25, 0.3) is 11.5 Å². The zero-order chi connectivity index (χ0) is 22.9. The number of carbonyl (C=O) groups excluding carboxylic acids is 1. The molecular weight excluding hydrogens is 439 g/mol.